The molecule has 6 heteroatoms. The van der Waals surface area contributed by atoms with E-state index in [0.717, 1.165) is 19.3 Å². The number of aliphatic carboxylic acids is 1. The number of thiophene rings is 1. The van der Waals surface area contributed by atoms with E-state index in [1.807, 2.05) is 11.4 Å². The Kier molecular flexibility index (Phi) is 4.56. The molecule has 3 N–H and O–H groups in total. The average Bonchev–Trinajstić information content (AvgIpc) is 2.83. The molecular weight excluding hydrogens is 288 g/mol. The second kappa shape index (κ2) is 6.05. The van der Waals surface area contributed by atoms with Crippen LogP contribution in [0.15, 0.2) is 11.4 Å². The quantitative estimate of drug-likeness (QED) is 0.803. The maximum absolute atomic E-state index is 12.1. The molecule has 116 valence electrons. The smallest absolute Gasteiger partial charge is 0.326 e. The predicted molar refractivity (Wildman–Crippen MR) is 82.5 cm³/mol. The van der Waals surface area contributed by atoms with Crippen LogP contribution in [-0.4, -0.2) is 23.1 Å². The van der Waals surface area contributed by atoms with E-state index in [1.54, 1.807) is 32.1 Å². The summed E-state index contributed by atoms with van der Waals surface area (Å²) in [5, 5.41) is 16.8. The highest BCUT2D eigenvalue weighted by Gasteiger charge is 2.33. The number of nitrogens with one attached hydrogen (secondary N) is 2. The molecule has 1 aliphatic rings. The third kappa shape index (κ3) is 3.75. The van der Waals surface area contributed by atoms with Crippen LogP contribution in [0.2, 0.25) is 0 Å². The molecule has 5 nitrogen and oxygen atoms in total. The minimum absolute atomic E-state index is 0.0191. The first-order valence-electron chi connectivity index (χ1n) is 7.15. The van der Waals surface area contributed by atoms with Crippen molar-refractivity contribution in [3.8, 4) is 0 Å². The molecule has 0 aliphatic heterocycles. The zero-order chi connectivity index (χ0) is 15.6. The van der Waals surface area contributed by atoms with Gasteiger partial charge in [0.1, 0.15) is 6.04 Å². The molecule has 2 atom stereocenters. The molecule has 0 radical (unpaired) electrons. The highest BCUT2D eigenvalue weighted by molar-refractivity contribution is 7.10. The van der Waals surface area contributed by atoms with Gasteiger partial charge >= 0.3 is 12.0 Å². The van der Waals surface area contributed by atoms with Crippen LogP contribution in [-0.2, 0) is 11.2 Å². The van der Waals surface area contributed by atoms with Crippen molar-refractivity contribution in [3.63, 3.8) is 0 Å². The van der Waals surface area contributed by atoms with Crippen LogP contribution in [0.5, 0.6) is 0 Å². The number of amides is 2. The number of hydrogen-bond acceptors (Lipinski definition) is 3. The van der Waals surface area contributed by atoms with Gasteiger partial charge in [-0.1, -0.05) is 20.8 Å². The Balaban J connectivity index is 2.01. The summed E-state index contributed by atoms with van der Waals surface area (Å²) in [7, 11) is 0. The number of carbonyl (C=O) groups is 2. The molecule has 1 aromatic heterocycles. The van der Waals surface area contributed by atoms with Crippen LogP contribution in [0.3, 0.4) is 0 Å². The van der Waals surface area contributed by atoms with E-state index in [-0.39, 0.29) is 6.04 Å². The van der Waals surface area contributed by atoms with Crippen molar-refractivity contribution in [2.45, 2.75) is 52.1 Å². The molecule has 0 fully saturated rings. The van der Waals surface area contributed by atoms with Crippen LogP contribution in [0.1, 0.15) is 50.1 Å². The number of aryl methyl sites for hydroxylation is 1. The number of hydrogen-bond donors (Lipinski definition) is 3. The summed E-state index contributed by atoms with van der Waals surface area (Å²) in [5.74, 6) is -1.02. The van der Waals surface area contributed by atoms with Gasteiger partial charge in [-0.15, -0.1) is 11.3 Å². The van der Waals surface area contributed by atoms with Crippen molar-refractivity contribution in [3.05, 3.63) is 21.9 Å². The zero-order valence-electron chi connectivity index (χ0n) is 12.6. The largest absolute Gasteiger partial charge is 0.480 e. The maximum atomic E-state index is 12.1. The Hall–Kier alpha value is -1.56. The van der Waals surface area contributed by atoms with Crippen molar-refractivity contribution in [1.82, 2.24) is 10.6 Å². The minimum Gasteiger partial charge on any atom is -0.480 e. The van der Waals surface area contributed by atoms with Crippen LogP contribution in [0.4, 0.5) is 4.79 Å². The number of urea groups is 1. The zero-order valence-corrected chi connectivity index (χ0v) is 13.4. The van der Waals surface area contributed by atoms with Crippen molar-refractivity contribution in [1.29, 1.82) is 0 Å². The molecule has 21 heavy (non-hydrogen) atoms. The van der Waals surface area contributed by atoms with Crippen molar-refractivity contribution >= 4 is 23.3 Å². The molecule has 0 bridgehead atoms. The van der Waals surface area contributed by atoms with Crippen LogP contribution < -0.4 is 10.6 Å². The van der Waals surface area contributed by atoms with Crippen LogP contribution in [0, 0.1) is 5.41 Å². The predicted octanol–water partition coefficient (Wildman–Crippen LogP) is 2.92. The van der Waals surface area contributed by atoms with Gasteiger partial charge in [-0.25, -0.2) is 9.59 Å². The van der Waals surface area contributed by atoms with Crippen molar-refractivity contribution < 1.29 is 14.7 Å². The van der Waals surface area contributed by atoms with Crippen LogP contribution in [0.25, 0.3) is 0 Å². The van der Waals surface area contributed by atoms with Crippen LogP contribution >= 0.6 is 11.3 Å². The van der Waals surface area contributed by atoms with Gasteiger partial charge in [0.15, 0.2) is 0 Å². The first kappa shape index (κ1) is 15.8. The van der Waals surface area contributed by atoms with E-state index in [4.69, 9.17) is 0 Å². The number of rotatable bonds is 3. The summed E-state index contributed by atoms with van der Waals surface area (Å²) in [6, 6.07) is 0.696. The Morgan fingerprint density at radius 2 is 2.14 bits per heavy atom. The Bertz CT molecular complexity index is 533. The first-order chi connectivity index (χ1) is 9.79. The summed E-state index contributed by atoms with van der Waals surface area (Å²) < 4.78 is 0. The van der Waals surface area contributed by atoms with E-state index in [0.29, 0.717) is 0 Å². The molecule has 1 heterocycles. The van der Waals surface area contributed by atoms with Gasteiger partial charge < -0.3 is 15.7 Å². The van der Waals surface area contributed by atoms with Crippen molar-refractivity contribution in [2.75, 3.05) is 0 Å². The third-order valence-electron chi connectivity index (χ3n) is 3.75. The van der Waals surface area contributed by atoms with Crippen molar-refractivity contribution in [2.24, 2.45) is 5.41 Å². The molecule has 1 aromatic rings. The molecule has 2 amide bonds. The lowest BCUT2D eigenvalue weighted by Crippen LogP contribution is -2.52. The van der Waals surface area contributed by atoms with Gasteiger partial charge in [-0.3, -0.25) is 0 Å². The Morgan fingerprint density at radius 3 is 2.76 bits per heavy atom. The fraction of sp³-hybridized carbons (Fsp3) is 0.600. The lowest BCUT2D eigenvalue weighted by atomic mass is 9.87. The number of carboxylic acid groups (broad SMARTS) is 1. The fourth-order valence-corrected chi connectivity index (χ4v) is 3.60. The minimum atomic E-state index is -1.02. The van der Waals surface area contributed by atoms with E-state index < -0.39 is 23.5 Å². The van der Waals surface area contributed by atoms with E-state index in [2.05, 4.69) is 10.6 Å². The molecule has 2 rings (SSSR count). The van der Waals surface area contributed by atoms with E-state index >= 15 is 0 Å². The SMILES string of the molecule is CC(C)(C)C(NC(=O)NC1CCCc2sccc21)C(=O)O. The fourth-order valence-electron chi connectivity index (χ4n) is 2.62. The van der Waals surface area contributed by atoms with Gasteiger partial charge in [0.05, 0.1) is 6.04 Å². The molecular formula is C15H22N2O3S. The van der Waals surface area contributed by atoms with E-state index in [9.17, 15) is 14.7 Å². The summed E-state index contributed by atoms with van der Waals surface area (Å²) in [6.45, 7) is 5.39. The van der Waals surface area contributed by atoms with E-state index in [1.165, 1.54) is 10.4 Å². The standard InChI is InChI=1S/C15H22N2O3S/c1-15(2,3)12(13(18)19)17-14(20)16-10-5-4-6-11-9(10)7-8-21-11/h7-8,10,12H,4-6H2,1-3H3,(H,18,19)(H2,16,17,20). The highest BCUT2D eigenvalue weighted by Crippen LogP contribution is 2.33. The third-order valence-corrected chi connectivity index (χ3v) is 4.74. The molecule has 0 saturated carbocycles. The maximum Gasteiger partial charge on any atom is 0.326 e. The molecule has 0 saturated heterocycles. The number of carbonyl (C=O) groups excluding carboxylic acids is 1. The van der Waals surface area contributed by atoms with Gasteiger partial charge in [0.25, 0.3) is 0 Å². The molecule has 0 aromatic carbocycles. The topological polar surface area (TPSA) is 78.4 Å². The summed E-state index contributed by atoms with van der Waals surface area (Å²) >= 11 is 1.71. The normalized spacial score (nSPS) is 19.5. The first-order valence-corrected chi connectivity index (χ1v) is 8.03. The highest BCUT2D eigenvalue weighted by atomic mass is 32.1. The second-order valence-electron chi connectivity index (χ2n) is 6.50. The van der Waals surface area contributed by atoms with Gasteiger partial charge in [-0.2, -0.15) is 0 Å². The Morgan fingerprint density at radius 1 is 1.43 bits per heavy atom. The summed E-state index contributed by atoms with van der Waals surface area (Å²) in [6.07, 6.45) is 3.00. The molecule has 0 spiro atoms. The lowest BCUT2D eigenvalue weighted by Gasteiger charge is -2.29. The lowest BCUT2D eigenvalue weighted by molar-refractivity contribution is -0.141. The summed E-state index contributed by atoms with van der Waals surface area (Å²) in [4.78, 5) is 24.7. The number of carboxylic acids is 1. The van der Waals surface area contributed by atoms with Gasteiger partial charge in [0, 0.05) is 4.88 Å². The average molecular weight is 310 g/mol. The molecule has 1 aliphatic carbocycles. The second-order valence-corrected chi connectivity index (χ2v) is 7.50. The number of fused-ring (bicyclic) bond motifs is 1. The molecule has 2 unspecified atom stereocenters. The van der Waals surface area contributed by atoms with Gasteiger partial charge in [0.2, 0.25) is 0 Å². The Labute approximate surface area is 128 Å². The monoisotopic (exact) mass is 310 g/mol. The van der Waals surface area contributed by atoms with Gasteiger partial charge in [-0.05, 0) is 41.7 Å². The summed E-state index contributed by atoms with van der Waals surface area (Å²) in [5.41, 5.74) is 0.632.